The summed E-state index contributed by atoms with van der Waals surface area (Å²) in [5.41, 5.74) is 1.37. The number of amides is 1. The SMILES string of the molecule is CCNC(=NCCN1CCN(C(C)=O)CC1)NC1CC(C)N(Cc2ccccc2)C1. The van der Waals surface area contributed by atoms with E-state index in [1.807, 2.05) is 4.90 Å². The highest BCUT2D eigenvalue weighted by Gasteiger charge is 2.29. The van der Waals surface area contributed by atoms with Crippen molar-refractivity contribution < 1.29 is 4.79 Å². The van der Waals surface area contributed by atoms with Gasteiger partial charge in [-0.05, 0) is 25.8 Å². The molecule has 1 aromatic carbocycles. The maximum absolute atomic E-state index is 11.5. The zero-order chi connectivity index (χ0) is 21.3. The second-order valence-corrected chi connectivity index (χ2v) is 8.45. The molecule has 2 atom stereocenters. The summed E-state index contributed by atoms with van der Waals surface area (Å²) >= 11 is 0. The zero-order valence-corrected chi connectivity index (χ0v) is 18.8. The zero-order valence-electron chi connectivity index (χ0n) is 18.8. The number of hydrogen-bond donors (Lipinski definition) is 2. The third-order valence-corrected chi connectivity index (χ3v) is 6.12. The lowest BCUT2D eigenvalue weighted by Crippen LogP contribution is -2.49. The molecule has 30 heavy (non-hydrogen) atoms. The van der Waals surface area contributed by atoms with E-state index >= 15 is 0 Å². The van der Waals surface area contributed by atoms with Gasteiger partial charge in [0, 0.05) is 71.4 Å². The standard InChI is InChI=1S/C23H38N6O/c1-4-24-23(25-10-11-27-12-14-28(15-13-27)20(3)30)26-22-16-19(2)29(18-22)17-21-8-6-5-7-9-21/h5-9,19,22H,4,10-18H2,1-3H3,(H2,24,25,26). The Morgan fingerprint density at radius 2 is 1.90 bits per heavy atom. The molecule has 0 aliphatic carbocycles. The van der Waals surface area contributed by atoms with Crippen LogP contribution in [0.25, 0.3) is 0 Å². The molecule has 3 rings (SSSR count). The Morgan fingerprint density at radius 1 is 1.17 bits per heavy atom. The van der Waals surface area contributed by atoms with Gasteiger partial charge in [-0.1, -0.05) is 30.3 Å². The van der Waals surface area contributed by atoms with Crippen molar-refractivity contribution in [3.63, 3.8) is 0 Å². The van der Waals surface area contributed by atoms with Gasteiger partial charge in [0.15, 0.2) is 5.96 Å². The first kappa shape index (κ1) is 22.6. The van der Waals surface area contributed by atoms with E-state index in [9.17, 15) is 4.79 Å². The van der Waals surface area contributed by atoms with Gasteiger partial charge in [0.2, 0.25) is 5.91 Å². The molecule has 0 saturated carbocycles. The fourth-order valence-corrected chi connectivity index (χ4v) is 4.34. The van der Waals surface area contributed by atoms with Crippen molar-refractivity contribution in [1.29, 1.82) is 0 Å². The Bertz CT molecular complexity index is 686. The van der Waals surface area contributed by atoms with Crippen LogP contribution < -0.4 is 10.6 Å². The molecule has 0 bridgehead atoms. The Morgan fingerprint density at radius 3 is 2.57 bits per heavy atom. The van der Waals surface area contributed by atoms with E-state index in [-0.39, 0.29) is 5.91 Å². The monoisotopic (exact) mass is 414 g/mol. The van der Waals surface area contributed by atoms with Gasteiger partial charge in [0.25, 0.3) is 0 Å². The van der Waals surface area contributed by atoms with E-state index in [1.165, 1.54) is 5.56 Å². The lowest BCUT2D eigenvalue weighted by atomic mass is 10.2. The van der Waals surface area contributed by atoms with Crippen molar-refractivity contribution in [2.45, 2.75) is 45.8 Å². The lowest BCUT2D eigenvalue weighted by Gasteiger charge is -2.33. The molecule has 2 aliphatic heterocycles. The summed E-state index contributed by atoms with van der Waals surface area (Å²) in [5.74, 6) is 1.09. The van der Waals surface area contributed by atoms with Gasteiger partial charge in [0.05, 0.1) is 6.54 Å². The van der Waals surface area contributed by atoms with Crippen molar-refractivity contribution in [3.8, 4) is 0 Å². The quantitative estimate of drug-likeness (QED) is 0.521. The van der Waals surface area contributed by atoms with E-state index < -0.39 is 0 Å². The highest BCUT2D eigenvalue weighted by atomic mass is 16.2. The Balaban J connectivity index is 1.45. The van der Waals surface area contributed by atoms with Crippen LogP contribution in [0.15, 0.2) is 35.3 Å². The highest BCUT2D eigenvalue weighted by Crippen LogP contribution is 2.20. The molecular formula is C23H38N6O. The van der Waals surface area contributed by atoms with E-state index in [4.69, 9.17) is 4.99 Å². The molecule has 1 amide bonds. The summed E-state index contributed by atoms with van der Waals surface area (Å²) in [7, 11) is 0. The molecule has 2 heterocycles. The number of hydrogen-bond acceptors (Lipinski definition) is 4. The smallest absolute Gasteiger partial charge is 0.219 e. The Hall–Kier alpha value is -2.12. The van der Waals surface area contributed by atoms with Crippen molar-refractivity contribution in [2.24, 2.45) is 4.99 Å². The van der Waals surface area contributed by atoms with Crippen LogP contribution in [0.3, 0.4) is 0 Å². The van der Waals surface area contributed by atoms with Crippen LogP contribution >= 0.6 is 0 Å². The molecule has 2 unspecified atom stereocenters. The molecule has 2 fully saturated rings. The number of likely N-dealkylation sites (tertiary alicyclic amines) is 1. The van der Waals surface area contributed by atoms with E-state index in [1.54, 1.807) is 6.92 Å². The summed E-state index contributed by atoms with van der Waals surface area (Å²) in [6.07, 6.45) is 1.13. The molecule has 2 aliphatic rings. The highest BCUT2D eigenvalue weighted by molar-refractivity contribution is 5.80. The largest absolute Gasteiger partial charge is 0.357 e. The Labute approximate surface area is 181 Å². The molecule has 0 radical (unpaired) electrons. The van der Waals surface area contributed by atoms with Crippen LogP contribution in [-0.4, -0.2) is 91.0 Å². The number of benzene rings is 1. The second-order valence-electron chi connectivity index (χ2n) is 8.45. The number of carbonyl (C=O) groups excluding carboxylic acids is 1. The predicted molar refractivity (Wildman–Crippen MR) is 123 cm³/mol. The van der Waals surface area contributed by atoms with Gasteiger partial charge in [-0.15, -0.1) is 0 Å². The molecule has 0 spiro atoms. The number of rotatable bonds is 7. The van der Waals surface area contributed by atoms with Crippen LogP contribution in [0.4, 0.5) is 0 Å². The number of carbonyl (C=O) groups is 1. The Kier molecular flexibility index (Phi) is 8.51. The minimum absolute atomic E-state index is 0.179. The van der Waals surface area contributed by atoms with Gasteiger partial charge in [0.1, 0.15) is 0 Å². The molecule has 7 nitrogen and oxygen atoms in total. The van der Waals surface area contributed by atoms with Crippen LogP contribution in [0.2, 0.25) is 0 Å². The molecule has 2 N–H and O–H groups in total. The first-order valence-electron chi connectivity index (χ1n) is 11.4. The molecule has 7 heteroatoms. The van der Waals surface area contributed by atoms with E-state index in [0.717, 1.165) is 71.3 Å². The summed E-state index contributed by atoms with van der Waals surface area (Å²) < 4.78 is 0. The van der Waals surface area contributed by atoms with Crippen LogP contribution in [0.1, 0.15) is 32.8 Å². The van der Waals surface area contributed by atoms with Crippen LogP contribution in [-0.2, 0) is 11.3 Å². The average Bonchev–Trinajstić information content (AvgIpc) is 3.08. The van der Waals surface area contributed by atoms with Gasteiger partial charge >= 0.3 is 0 Å². The summed E-state index contributed by atoms with van der Waals surface area (Å²) in [6.45, 7) is 14.2. The van der Waals surface area contributed by atoms with Gasteiger partial charge in [-0.2, -0.15) is 0 Å². The normalized spacial score (nSPS) is 23.6. The first-order chi connectivity index (χ1) is 14.5. The third-order valence-electron chi connectivity index (χ3n) is 6.12. The average molecular weight is 415 g/mol. The predicted octanol–water partition coefficient (Wildman–Crippen LogP) is 1.37. The van der Waals surface area contributed by atoms with Crippen molar-refractivity contribution in [3.05, 3.63) is 35.9 Å². The van der Waals surface area contributed by atoms with Gasteiger partial charge < -0.3 is 15.5 Å². The van der Waals surface area contributed by atoms with E-state index in [0.29, 0.717) is 12.1 Å². The number of guanidine groups is 1. The first-order valence-corrected chi connectivity index (χ1v) is 11.4. The maximum Gasteiger partial charge on any atom is 0.219 e. The number of nitrogens with zero attached hydrogens (tertiary/aromatic N) is 4. The molecule has 166 valence electrons. The van der Waals surface area contributed by atoms with E-state index in [2.05, 4.69) is 64.6 Å². The van der Waals surface area contributed by atoms with Crippen LogP contribution in [0.5, 0.6) is 0 Å². The van der Waals surface area contributed by atoms with Crippen molar-refractivity contribution >= 4 is 11.9 Å². The van der Waals surface area contributed by atoms with Gasteiger partial charge in [-0.25, -0.2) is 0 Å². The summed E-state index contributed by atoms with van der Waals surface area (Å²) in [6, 6.07) is 11.7. The number of nitrogens with one attached hydrogen (secondary N) is 2. The second kappa shape index (κ2) is 11.3. The topological polar surface area (TPSA) is 63.2 Å². The summed E-state index contributed by atoms with van der Waals surface area (Å²) in [5, 5.41) is 7.05. The van der Waals surface area contributed by atoms with Crippen LogP contribution in [0, 0.1) is 0 Å². The summed E-state index contributed by atoms with van der Waals surface area (Å²) in [4.78, 5) is 23.1. The fourth-order valence-electron chi connectivity index (χ4n) is 4.34. The molecule has 1 aromatic rings. The fraction of sp³-hybridized carbons (Fsp3) is 0.652. The van der Waals surface area contributed by atoms with Crippen molar-refractivity contribution in [2.75, 3.05) is 52.4 Å². The number of piperazine rings is 1. The number of aliphatic imine (C=N–C) groups is 1. The molecule has 0 aromatic heterocycles. The van der Waals surface area contributed by atoms with Gasteiger partial charge in [-0.3, -0.25) is 19.6 Å². The molecular weight excluding hydrogens is 376 g/mol. The lowest BCUT2D eigenvalue weighted by molar-refractivity contribution is -0.130. The minimum Gasteiger partial charge on any atom is -0.357 e. The third kappa shape index (κ3) is 6.71. The molecule has 2 saturated heterocycles. The maximum atomic E-state index is 11.5. The van der Waals surface area contributed by atoms with Crippen molar-refractivity contribution in [1.82, 2.24) is 25.3 Å². The minimum atomic E-state index is 0.179.